The van der Waals surface area contributed by atoms with Gasteiger partial charge in [-0.2, -0.15) is 0 Å². The minimum Gasteiger partial charge on any atom is -0.508 e. The number of ether oxygens (including phenoxy) is 3. The third-order valence-electron chi connectivity index (χ3n) is 5.95. The second-order valence-corrected chi connectivity index (χ2v) is 8.16. The van der Waals surface area contributed by atoms with Crippen LogP contribution in [-0.4, -0.2) is 79.8 Å². The summed E-state index contributed by atoms with van der Waals surface area (Å²) >= 11 is 0. The molecule has 0 spiro atoms. The second-order valence-electron chi connectivity index (χ2n) is 8.16. The minimum absolute atomic E-state index is 0.0439. The highest BCUT2D eigenvalue weighted by atomic mass is 16.7. The standard InChI is InChI=1S/C23H26O10/c24-10-18-19(29)20(30)22-23(32-18)31-17(8-7-14(26)11-1-4-13(25)5-2-11)21(33-22)12-3-6-15(27)16(28)9-12/h1-6,9,17-25,27-30H,7-8,10H2/t17-,18+,19+,20-,21+,22-,23+/m0/s1. The Hall–Kier alpha value is -2.73. The second kappa shape index (κ2) is 9.64. The van der Waals surface area contributed by atoms with E-state index in [1.165, 1.54) is 42.5 Å². The van der Waals surface area contributed by atoms with Crippen molar-refractivity contribution in [2.45, 2.75) is 55.8 Å². The molecule has 4 rings (SSSR count). The van der Waals surface area contributed by atoms with Crippen LogP contribution in [0.25, 0.3) is 0 Å². The number of aromatic hydroxyl groups is 3. The van der Waals surface area contributed by atoms with E-state index in [0.717, 1.165) is 0 Å². The lowest BCUT2D eigenvalue weighted by Crippen LogP contribution is -2.63. The number of aliphatic hydroxyl groups excluding tert-OH is 3. The number of fused-ring (bicyclic) bond motifs is 1. The van der Waals surface area contributed by atoms with E-state index in [4.69, 9.17) is 14.2 Å². The van der Waals surface area contributed by atoms with Crippen molar-refractivity contribution in [3.63, 3.8) is 0 Å². The number of benzene rings is 2. The molecule has 2 aliphatic heterocycles. The van der Waals surface area contributed by atoms with E-state index in [1.54, 1.807) is 0 Å². The molecule has 33 heavy (non-hydrogen) atoms. The Balaban J connectivity index is 1.56. The van der Waals surface area contributed by atoms with Gasteiger partial charge in [0.25, 0.3) is 0 Å². The molecule has 2 aliphatic rings. The van der Waals surface area contributed by atoms with Gasteiger partial charge in [0.1, 0.15) is 36.3 Å². The molecule has 0 aromatic heterocycles. The predicted molar refractivity (Wildman–Crippen MR) is 112 cm³/mol. The van der Waals surface area contributed by atoms with E-state index in [-0.39, 0.29) is 35.9 Å². The SMILES string of the molecule is O=C(CC[C@@H]1O[C@@H]2O[C@H](CO)[C@@H](O)[C@H](O)[C@@H]2O[C@@H]1c1ccc(O)c(O)c1)c1ccc(O)cc1. The zero-order valence-corrected chi connectivity index (χ0v) is 17.5. The molecule has 2 fully saturated rings. The van der Waals surface area contributed by atoms with Gasteiger partial charge in [0, 0.05) is 12.0 Å². The molecule has 0 radical (unpaired) electrons. The molecule has 178 valence electrons. The number of hydrogen-bond donors (Lipinski definition) is 6. The van der Waals surface area contributed by atoms with Crippen LogP contribution < -0.4 is 0 Å². The van der Waals surface area contributed by atoms with Crippen molar-refractivity contribution in [2.24, 2.45) is 0 Å². The Morgan fingerprint density at radius 3 is 2.21 bits per heavy atom. The van der Waals surface area contributed by atoms with Gasteiger partial charge in [0.05, 0.1) is 12.7 Å². The number of phenols is 3. The summed E-state index contributed by atoms with van der Waals surface area (Å²) in [5.41, 5.74) is 0.839. The number of phenolic OH excluding ortho intramolecular Hbond substituents is 3. The highest BCUT2D eigenvalue weighted by Gasteiger charge is 2.51. The summed E-state index contributed by atoms with van der Waals surface area (Å²) in [4.78, 5) is 12.6. The topological polar surface area (TPSA) is 166 Å². The smallest absolute Gasteiger partial charge is 0.187 e. The minimum atomic E-state index is -1.41. The molecule has 0 aliphatic carbocycles. The fraction of sp³-hybridized carbons (Fsp3) is 0.435. The summed E-state index contributed by atoms with van der Waals surface area (Å²) in [7, 11) is 0. The van der Waals surface area contributed by atoms with Crippen molar-refractivity contribution in [3.8, 4) is 17.2 Å². The van der Waals surface area contributed by atoms with Crippen LogP contribution >= 0.6 is 0 Å². The fourth-order valence-electron chi connectivity index (χ4n) is 4.11. The maximum Gasteiger partial charge on any atom is 0.187 e. The molecule has 2 aromatic rings. The lowest BCUT2D eigenvalue weighted by molar-refractivity contribution is -0.369. The average molecular weight is 462 g/mol. The molecule has 6 N–H and O–H groups in total. The lowest BCUT2D eigenvalue weighted by atomic mass is 9.93. The zero-order chi connectivity index (χ0) is 23.7. The van der Waals surface area contributed by atoms with Gasteiger partial charge in [-0.05, 0) is 48.4 Å². The van der Waals surface area contributed by atoms with E-state index in [9.17, 15) is 35.4 Å². The molecular formula is C23H26O10. The van der Waals surface area contributed by atoms with Crippen LogP contribution in [0.1, 0.15) is 34.9 Å². The van der Waals surface area contributed by atoms with Crippen LogP contribution in [0, 0.1) is 0 Å². The van der Waals surface area contributed by atoms with E-state index in [1.807, 2.05) is 0 Å². The molecule has 2 heterocycles. The molecule has 7 atom stereocenters. The Morgan fingerprint density at radius 2 is 1.55 bits per heavy atom. The van der Waals surface area contributed by atoms with Gasteiger partial charge in [0.15, 0.2) is 23.6 Å². The Bertz CT molecular complexity index is 978. The maximum atomic E-state index is 12.6. The number of rotatable bonds is 6. The van der Waals surface area contributed by atoms with Crippen molar-refractivity contribution in [1.29, 1.82) is 0 Å². The Kier molecular flexibility index (Phi) is 6.84. The number of carbonyl (C=O) groups excluding carboxylic acids is 1. The summed E-state index contributed by atoms with van der Waals surface area (Å²) in [6.07, 6.45) is -7.44. The molecule has 0 unspecified atom stereocenters. The highest BCUT2D eigenvalue weighted by Crippen LogP contribution is 2.41. The van der Waals surface area contributed by atoms with Crippen LogP contribution in [0.3, 0.4) is 0 Å². The number of carbonyl (C=O) groups is 1. The number of Topliss-reactive ketones (excluding diaryl/α,β-unsaturated/α-hetero) is 1. The summed E-state index contributed by atoms with van der Waals surface area (Å²) < 4.78 is 17.6. The molecule has 10 nitrogen and oxygen atoms in total. The Labute approximate surface area is 189 Å². The molecule has 2 saturated heterocycles. The van der Waals surface area contributed by atoms with Gasteiger partial charge < -0.3 is 44.8 Å². The van der Waals surface area contributed by atoms with Gasteiger partial charge in [0.2, 0.25) is 0 Å². The van der Waals surface area contributed by atoms with Crippen molar-refractivity contribution in [2.75, 3.05) is 6.61 Å². The molecule has 2 aromatic carbocycles. The van der Waals surface area contributed by atoms with Crippen molar-refractivity contribution >= 4 is 5.78 Å². The highest BCUT2D eigenvalue weighted by molar-refractivity contribution is 5.96. The van der Waals surface area contributed by atoms with E-state index in [2.05, 4.69) is 0 Å². The molecule has 0 bridgehead atoms. The molecule has 0 saturated carbocycles. The summed E-state index contributed by atoms with van der Waals surface area (Å²) in [5, 5.41) is 59.1. The van der Waals surface area contributed by atoms with Gasteiger partial charge >= 0.3 is 0 Å². The summed E-state index contributed by atoms with van der Waals surface area (Å²) in [6.45, 7) is -0.538. The van der Waals surface area contributed by atoms with Gasteiger partial charge in [-0.3, -0.25) is 4.79 Å². The quantitative estimate of drug-likeness (QED) is 0.266. The van der Waals surface area contributed by atoms with Crippen LogP contribution in [0.15, 0.2) is 42.5 Å². The first-order chi connectivity index (χ1) is 15.8. The number of hydrogen-bond acceptors (Lipinski definition) is 10. The average Bonchev–Trinajstić information content (AvgIpc) is 2.81. The van der Waals surface area contributed by atoms with E-state index in [0.29, 0.717) is 11.1 Å². The van der Waals surface area contributed by atoms with Crippen LogP contribution in [0.2, 0.25) is 0 Å². The zero-order valence-electron chi connectivity index (χ0n) is 17.5. The first kappa shape index (κ1) is 23.4. The fourth-order valence-corrected chi connectivity index (χ4v) is 4.11. The first-order valence-corrected chi connectivity index (χ1v) is 10.6. The van der Waals surface area contributed by atoms with E-state index < -0.39 is 49.5 Å². The third-order valence-corrected chi connectivity index (χ3v) is 5.95. The van der Waals surface area contributed by atoms with E-state index >= 15 is 0 Å². The summed E-state index contributed by atoms with van der Waals surface area (Å²) in [5.74, 6) is -0.851. The largest absolute Gasteiger partial charge is 0.508 e. The van der Waals surface area contributed by atoms with Gasteiger partial charge in [-0.15, -0.1) is 0 Å². The monoisotopic (exact) mass is 462 g/mol. The van der Waals surface area contributed by atoms with Gasteiger partial charge in [-0.25, -0.2) is 0 Å². The van der Waals surface area contributed by atoms with Crippen LogP contribution in [0.5, 0.6) is 17.2 Å². The lowest BCUT2D eigenvalue weighted by Gasteiger charge is -2.48. The van der Waals surface area contributed by atoms with Gasteiger partial charge in [-0.1, -0.05) is 6.07 Å². The summed E-state index contributed by atoms with van der Waals surface area (Å²) in [6, 6.07) is 9.94. The first-order valence-electron chi connectivity index (χ1n) is 10.6. The molecule has 10 heteroatoms. The third kappa shape index (κ3) is 4.81. The number of ketones is 1. The Morgan fingerprint density at radius 1 is 0.848 bits per heavy atom. The molecule has 0 amide bonds. The maximum absolute atomic E-state index is 12.6. The predicted octanol–water partition coefficient (Wildman–Crippen LogP) is 0.731. The van der Waals surface area contributed by atoms with Crippen LogP contribution in [-0.2, 0) is 14.2 Å². The van der Waals surface area contributed by atoms with Crippen molar-refractivity contribution in [3.05, 3.63) is 53.6 Å². The normalized spacial score (nSPS) is 31.7. The van der Waals surface area contributed by atoms with Crippen LogP contribution in [0.4, 0.5) is 0 Å². The number of aliphatic hydroxyl groups is 3. The molecular weight excluding hydrogens is 436 g/mol. The van der Waals surface area contributed by atoms with Crippen molar-refractivity contribution in [1.82, 2.24) is 0 Å². The van der Waals surface area contributed by atoms with Crippen molar-refractivity contribution < 1.29 is 49.6 Å².